The molecule has 0 saturated heterocycles. The van der Waals surface area contributed by atoms with Crippen molar-refractivity contribution in [1.29, 1.82) is 0 Å². The molecule has 1 aliphatic carbocycles. The fourth-order valence-corrected chi connectivity index (χ4v) is 2.49. The Hall–Kier alpha value is -0.830. The van der Waals surface area contributed by atoms with Crippen LogP contribution in [-0.2, 0) is 6.54 Å². The highest BCUT2D eigenvalue weighted by Gasteiger charge is 2.13. The Morgan fingerprint density at radius 2 is 2.19 bits per heavy atom. The summed E-state index contributed by atoms with van der Waals surface area (Å²) in [4.78, 5) is 4.07. The van der Waals surface area contributed by atoms with Crippen LogP contribution in [0.4, 0.5) is 0 Å². The molecule has 1 N–H and O–H groups in total. The summed E-state index contributed by atoms with van der Waals surface area (Å²) in [7, 11) is 0. The highest BCUT2D eigenvalue weighted by Crippen LogP contribution is 2.17. The Morgan fingerprint density at radius 1 is 1.38 bits per heavy atom. The lowest BCUT2D eigenvalue weighted by atomic mass is 9.95. The van der Waals surface area contributed by atoms with Crippen molar-refractivity contribution < 1.29 is 0 Å². The Kier molecular flexibility index (Phi) is 4.40. The molecule has 1 aliphatic rings. The molecule has 0 bridgehead atoms. The first kappa shape index (κ1) is 11.6. The van der Waals surface area contributed by atoms with Crippen LogP contribution >= 0.6 is 0 Å². The lowest BCUT2D eigenvalue weighted by molar-refractivity contribution is 0.340. The van der Waals surface area contributed by atoms with Crippen molar-refractivity contribution in [1.82, 2.24) is 14.9 Å². The zero-order valence-corrected chi connectivity index (χ0v) is 10.2. The van der Waals surface area contributed by atoms with Crippen LogP contribution in [0.1, 0.15) is 39.0 Å². The van der Waals surface area contributed by atoms with E-state index in [-0.39, 0.29) is 0 Å². The molecule has 0 aromatic carbocycles. The standard InChI is InChI=1S/C13H23N3/c1-12(10-16-8-7-14-11-16)9-15-13-5-3-2-4-6-13/h7-8,11-13,15H,2-6,9-10H2,1H3/t12-/m1/s1. The highest BCUT2D eigenvalue weighted by molar-refractivity contribution is 4.77. The van der Waals surface area contributed by atoms with Crippen LogP contribution in [0.15, 0.2) is 18.7 Å². The minimum atomic E-state index is 0.677. The van der Waals surface area contributed by atoms with E-state index in [1.165, 1.54) is 32.1 Å². The van der Waals surface area contributed by atoms with Crippen molar-refractivity contribution in [3.63, 3.8) is 0 Å². The molecular formula is C13H23N3. The molecule has 2 rings (SSSR count). The van der Waals surface area contributed by atoms with E-state index >= 15 is 0 Å². The molecule has 1 aromatic heterocycles. The zero-order valence-electron chi connectivity index (χ0n) is 10.2. The van der Waals surface area contributed by atoms with Crippen molar-refractivity contribution in [2.75, 3.05) is 6.54 Å². The van der Waals surface area contributed by atoms with E-state index in [2.05, 4.69) is 21.8 Å². The van der Waals surface area contributed by atoms with Gasteiger partial charge in [-0.25, -0.2) is 4.98 Å². The van der Waals surface area contributed by atoms with E-state index in [0.717, 1.165) is 19.1 Å². The first-order chi connectivity index (χ1) is 7.84. The topological polar surface area (TPSA) is 29.9 Å². The van der Waals surface area contributed by atoms with Gasteiger partial charge in [0.15, 0.2) is 0 Å². The summed E-state index contributed by atoms with van der Waals surface area (Å²) in [5.74, 6) is 0.677. The van der Waals surface area contributed by atoms with Gasteiger partial charge in [-0.1, -0.05) is 26.2 Å². The van der Waals surface area contributed by atoms with Crippen LogP contribution in [0, 0.1) is 5.92 Å². The van der Waals surface area contributed by atoms with Crippen LogP contribution in [-0.4, -0.2) is 22.1 Å². The quantitative estimate of drug-likeness (QED) is 0.827. The second kappa shape index (κ2) is 6.04. The first-order valence-electron chi connectivity index (χ1n) is 6.53. The average molecular weight is 221 g/mol. The zero-order chi connectivity index (χ0) is 11.2. The number of hydrogen-bond donors (Lipinski definition) is 1. The largest absolute Gasteiger partial charge is 0.337 e. The van der Waals surface area contributed by atoms with Crippen LogP contribution in [0.25, 0.3) is 0 Å². The maximum absolute atomic E-state index is 4.07. The number of rotatable bonds is 5. The minimum absolute atomic E-state index is 0.677. The fraction of sp³-hybridized carbons (Fsp3) is 0.769. The highest BCUT2D eigenvalue weighted by atomic mass is 15.0. The van der Waals surface area contributed by atoms with Crippen molar-refractivity contribution in [2.24, 2.45) is 5.92 Å². The summed E-state index contributed by atoms with van der Waals surface area (Å²) in [5, 5.41) is 3.70. The van der Waals surface area contributed by atoms with Gasteiger partial charge in [0.1, 0.15) is 0 Å². The Morgan fingerprint density at radius 3 is 2.88 bits per heavy atom. The van der Waals surface area contributed by atoms with Gasteiger partial charge in [0.25, 0.3) is 0 Å². The van der Waals surface area contributed by atoms with Crippen molar-refractivity contribution in [3.05, 3.63) is 18.7 Å². The second-order valence-corrected chi connectivity index (χ2v) is 5.11. The second-order valence-electron chi connectivity index (χ2n) is 5.11. The number of aromatic nitrogens is 2. The lowest BCUT2D eigenvalue weighted by Crippen LogP contribution is -2.35. The van der Waals surface area contributed by atoms with E-state index in [9.17, 15) is 0 Å². The summed E-state index contributed by atoms with van der Waals surface area (Å²) in [5.41, 5.74) is 0. The third-order valence-electron chi connectivity index (χ3n) is 3.44. The molecule has 0 amide bonds. The molecule has 1 fully saturated rings. The monoisotopic (exact) mass is 221 g/mol. The Balaban J connectivity index is 1.65. The van der Waals surface area contributed by atoms with Gasteiger partial charge < -0.3 is 9.88 Å². The summed E-state index contributed by atoms with van der Waals surface area (Å²) >= 11 is 0. The van der Waals surface area contributed by atoms with Gasteiger partial charge in [-0.05, 0) is 25.3 Å². The molecule has 3 nitrogen and oxygen atoms in total. The molecule has 16 heavy (non-hydrogen) atoms. The smallest absolute Gasteiger partial charge is 0.0946 e. The molecule has 1 heterocycles. The molecule has 1 saturated carbocycles. The summed E-state index contributed by atoms with van der Waals surface area (Å²) < 4.78 is 2.16. The van der Waals surface area contributed by atoms with Gasteiger partial charge in [-0.2, -0.15) is 0 Å². The van der Waals surface area contributed by atoms with Crippen LogP contribution in [0.5, 0.6) is 0 Å². The summed E-state index contributed by atoms with van der Waals surface area (Å²) in [6.45, 7) is 4.50. The molecule has 1 aromatic rings. The third-order valence-corrected chi connectivity index (χ3v) is 3.44. The summed E-state index contributed by atoms with van der Waals surface area (Å²) in [6, 6.07) is 0.777. The normalized spacial score (nSPS) is 19.8. The summed E-state index contributed by atoms with van der Waals surface area (Å²) in [6.07, 6.45) is 12.8. The van der Waals surface area contributed by atoms with Crippen molar-refractivity contribution >= 4 is 0 Å². The molecule has 0 spiro atoms. The van der Waals surface area contributed by atoms with Crippen LogP contribution in [0.2, 0.25) is 0 Å². The number of imidazole rings is 1. The first-order valence-corrected chi connectivity index (χ1v) is 6.53. The molecule has 0 aliphatic heterocycles. The van der Waals surface area contributed by atoms with E-state index in [4.69, 9.17) is 0 Å². The van der Waals surface area contributed by atoms with E-state index < -0.39 is 0 Å². The van der Waals surface area contributed by atoms with E-state index in [1.807, 2.05) is 18.7 Å². The maximum atomic E-state index is 4.07. The molecule has 3 heteroatoms. The minimum Gasteiger partial charge on any atom is -0.337 e. The van der Waals surface area contributed by atoms with Gasteiger partial charge in [0, 0.05) is 25.0 Å². The third kappa shape index (κ3) is 3.63. The van der Waals surface area contributed by atoms with Crippen LogP contribution in [0.3, 0.4) is 0 Å². The number of nitrogens with one attached hydrogen (secondary N) is 1. The maximum Gasteiger partial charge on any atom is 0.0946 e. The molecular weight excluding hydrogens is 198 g/mol. The Labute approximate surface area is 98.3 Å². The molecule has 90 valence electrons. The van der Waals surface area contributed by atoms with Gasteiger partial charge in [0.2, 0.25) is 0 Å². The average Bonchev–Trinajstić information content (AvgIpc) is 2.81. The predicted molar refractivity (Wildman–Crippen MR) is 66.3 cm³/mol. The predicted octanol–water partition coefficient (Wildman–Crippen LogP) is 2.44. The van der Waals surface area contributed by atoms with Crippen molar-refractivity contribution in [3.8, 4) is 0 Å². The number of nitrogens with zero attached hydrogens (tertiary/aromatic N) is 2. The SMILES string of the molecule is C[C@H](CNC1CCCCC1)Cn1ccnc1. The molecule has 1 atom stereocenters. The van der Waals surface area contributed by atoms with Gasteiger partial charge in [-0.15, -0.1) is 0 Å². The van der Waals surface area contributed by atoms with Crippen molar-refractivity contribution in [2.45, 2.75) is 51.6 Å². The van der Waals surface area contributed by atoms with Gasteiger partial charge >= 0.3 is 0 Å². The van der Waals surface area contributed by atoms with Crippen LogP contribution < -0.4 is 5.32 Å². The number of hydrogen-bond acceptors (Lipinski definition) is 2. The van der Waals surface area contributed by atoms with Gasteiger partial charge in [0.05, 0.1) is 6.33 Å². The Bertz CT molecular complexity index is 275. The van der Waals surface area contributed by atoms with E-state index in [1.54, 1.807) is 0 Å². The molecule has 0 unspecified atom stereocenters. The van der Waals surface area contributed by atoms with E-state index in [0.29, 0.717) is 5.92 Å². The molecule has 0 radical (unpaired) electrons. The fourth-order valence-electron chi connectivity index (χ4n) is 2.49. The lowest BCUT2D eigenvalue weighted by Gasteiger charge is -2.24. The van der Waals surface area contributed by atoms with Gasteiger partial charge in [-0.3, -0.25) is 0 Å².